The Hall–Kier alpha value is -1.06. The van der Waals surface area contributed by atoms with E-state index in [1.54, 1.807) is 4.90 Å². The van der Waals surface area contributed by atoms with E-state index in [2.05, 4.69) is 31.0 Å². The van der Waals surface area contributed by atoms with Gasteiger partial charge in [-0.2, -0.15) is 5.10 Å². The first-order valence-electron chi connectivity index (χ1n) is 4.30. The van der Waals surface area contributed by atoms with Crippen molar-refractivity contribution in [2.45, 2.75) is 27.7 Å². The van der Waals surface area contributed by atoms with E-state index >= 15 is 0 Å². The lowest BCUT2D eigenvalue weighted by molar-refractivity contribution is 0.582. The molecule has 0 saturated carbocycles. The fourth-order valence-corrected chi connectivity index (χ4v) is 0.366. The van der Waals surface area contributed by atoms with Crippen molar-refractivity contribution in [3.8, 4) is 0 Å². The van der Waals surface area contributed by atoms with Gasteiger partial charge in [0.1, 0.15) is 0 Å². The summed E-state index contributed by atoms with van der Waals surface area (Å²) in [6, 6.07) is 0. The van der Waals surface area contributed by atoms with E-state index in [-0.39, 0.29) is 5.41 Å². The van der Waals surface area contributed by atoms with Crippen molar-refractivity contribution in [1.82, 2.24) is 4.90 Å². The summed E-state index contributed by atoms with van der Waals surface area (Å²) in [6.07, 6.45) is 0. The van der Waals surface area contributed by atoms with Gasteiger partial charge in [0.25, 0.3) is 0 Å². The molecule has 0 aliphatic rings. The van der Waals surface area contributed by atoms with Crippen LogP contribution in [0.4, 0.5) is 0 Å². The van der Waals surface area contributed by atoms with Gasteiger partial charge in [-0.3, -0.25) is 0 Å². The monoisotopic (exact) mass is 184 g/mol. The zero-order chi connectivity index (χ0) is 10.6. The Bertz CT molecular complexity index is 220. The Morgan fingerprint density at radius 1 is 1.15 bits per heavy atom. The molecule has 4 nitrogen and oxygen atoms in total. The number of guanidine groups is 1. The van der Waals surface area contributed by atoms with Crippen LogP contribution in [0.2, 0.25) is 0 Å². The van der Waals surface area contributed by atoms with Gasteiger partial charge in [-0.15, -0.1) is 5.10 Å². The quantitative estimate of drug-likeness (QED) is 0.379. The minimum absolute atomic E-state index is 0.0517. The maximum atomic E-state index is 5.58. The third-order valence-electron chi connectivity index (χ3n) is 1.85. The molecule has 76 valence electrons. The minimum atomic E-state index is 0.0517. The standard InChI is InChI=1S/C9H20N4/c1-7(9(2,3)4)11-12-8(10)13(5)6/h1-6H3,(H2,10,12)/b11-7-. The number of hydrogen-bond acceptors (Lipinski definition) is 2. The molecule has 0 fully saturated rings. The lowest BCUT2D eigenvalue weighted by atomic mass is 9.91. The highest BCUT2D eigenvalue weighted by Gasteiger charge is 2.13. The van der Waals surface area contributed by atoms with E-state index in [0.29, 0.717) is 5.96 Å². The predicted molar refractivity (Wildman–Crippen MR) is 57.9 cm³/mol. The molecule has 0 amide bonds. The summed E-state index contributed by atoms with van der Waals surface area (Å²) >= 11 is 0. The van der Waals surface area contributed by atoms with Crippen LogP contribution in [0.1, 0.15) is 27.7 Å². The van der Waals surface area contributed by atoms with Crippen molar-refractivity contribution in [3.05, 3.63) is 0 Å². The Kier molecular flexibility index (Phi) is 3.91. The third kappa shape index (κ3) is 4.50. The lowest BCUT2D eigenvalue weighted by Gasteiger charge is -2.16. The minimum Gasteiger partial charge on any atom is -0.368 e. The van der Waals surface area contributed by atoms with Crippen molar-refractivity contribution >= 4 is 11.7 Å². The smallest absolute Gasteiger partial charge is 0.215 e. The van der Waals surface area contributed by atoms with Crippen LogP contribution in [0.3, 0.4) is 0 Å². The van der Waals surface area contributed by atoms with Gasteiger partial charge < -0.3 is 10.6 Å². The molecule has 0 radical (unpaired) electrons. The van der Waals surface area contributed by atoms with Crippen LogP contribution in [0.25, 0.3) is 0 Å². The van der Waals surface area contributed by atoms with Gasteiger partial charge in [0.05, 0.1) is 0 Å². The molecule has 0 bridgehead atoms. The fourth-order valence-electron chi connectivity index (χ4n) is 0.366. The molecule has 0 aliphatic heterocycles. The molecule has 4 heteroatoms. The van der Waals surface area contributed by atoms with Crippen LogP contribution < -0.4 is 5.73 Å². The average molecular weight is 184 g/mol. The molecule has 0 aromatic carbocycles. The molecule has 0 atom stereocenters. The summed E-state index contributed by atoms with van der Waals surface area (Å²) in [5.74, 6) is 0.420. The maximum absolute atomic E-state index is 5.58. The zero-order valence-electron chi connectivity index (χ0n) is 9.42. The second-order valence-corrected chi connectivity index (χ2v) is 4.29. The van der Waals surface area contributed by atoms with Crippen LogP contribution >= 0.6 is 0 Å². The fraction of sp³-hybridized carbons (Fsp3) is 0.778. The van der Waals surface area contributed by atoms with Gasteiger partial charge in [-0.05, 0) is 6.92 Å². The Labute approximate surface area is 80.5 Å². The van der Waals surface area contributed by atoms with Gasteiger partial charge in [0.2, 0.25) is 5.96 Å². The highest BCUT2D eigenvalue weighted by molar-refractivity contribution is 5.87. The second-order valence-electron chi connectivity index (χ2n) is 4.29. The largest absolute Gasteiger partial charge is 0.368 e. The predicted octanol–water partition coefficient (Wildman–Crippen LogP) is 1.28. The summed E-state index contributed by atoms with van der Waals surface area (Å²) in [4.78, 5) is 1.72. The summed E-state index contributed by atoms with van der Waals surface area (Å²) < 4.78 is 0. The third-order valence-corrected chi connectivity index (χ3v) is 1.85. The number of hydrogen-bond donors (Lipinski definition) is 1. The molecule has 0 aliphatic carbocycles. The van der Waals surface area contributed by atoms with Crippen molar-refractivity contribution in [2.24, 2.45) is 21.4 Å². The first-order chi connectivity index (χ1) is 5.75. The van der Waals surface area contributed by atoms with Crippen LogP contribution in [0.15, 0.2) is 10.2 Å². The summed E-state index contributed by atoms with van der Waals surface area (Å²) in [7, 11) is 3.67. The van der Waals surface area contributed by atoms with E-state index in [0.717, 1.165) is 5.71 Å². The first kappa shape index (κ1) is 11.9. The van der Waals surface area contributed by atoms with Gasteiger partial charge in [0.15, 0.2) is 0 Å². The van der Waals surface area contributed by atoms with Crippen molar-refractivity contribution in [3.63, 3.8) is 0 Å². The van der Waals surface area contributed by atoms with Crippen molar-refractivity contribution < 1.29 is 0 Å². The molecule has 2 N–H and O–H groups in total. The highest BCUT2D eigenvalue weighted by Crippen LogP contribution is 2.15. The van der Waals surface area contributed by atoms with Crippen LogP contribution in [0.5, 0.6) is 0 Å². The summed E-state index contributed by atoms with van der Waals surface area (Å²) in [5.41, 5.74) is 6.60. The summed E-state index contributed by atoms with van der Waals surface area (Å²) in [6.45, 7) is 8.22. The van der Waals surface area contributed by atoms with E-state index < -0.39 is 0 Å². The first-order valence-corrected chi connectivity index (χ1v) is 4.30. The molecular weight excluding hydrogens is 164 g/mol. The normalized spacial score (nSPS) is 14.6. The van der Waals surface area contributed by atoms with Gasteiger partial charge in [-0.1, -0.05) is 20.8 Å². The van der Waals surface area contributed by atoms with Crippen LogP contribution in [-0.2, 0) is 0 Å². The zero-order valence-corrected chi connectivity index (χ0v) is 9.42. The molecule has 13 heavy (non-hydrogen) atoms. The van der Waals surface area contributed by atoms with E-state index in [9.17, 15) is 0 Å². The van der Waals surface area contributed by atoms with Crippen molar-refractivity contribution in [2.75, 3.05) is 14.1 Å². The molecular formula is C9H20N4. The Morgan fingerprint density at radius 2 is 1.62 bits per heavy atom. The van der Waals surface area contributed by atoms with Crippen molar-refractivity contribution in [1.29, 1.82) is 0 Å². The Balaban J connectivity index is 4.52. The van der Waals surface area contributed by atoms with Gasteiger partial charge in [-0.25, -0.2) is 0 Å². The van der Waals surface area contributed by atoms with E-state index in [1.165, 1.54) is 0 Å². The van der Waals surface area contributed by atoms with Crippen LogP contribution in [0, 0.1) is 5.41 Å². The number of nitrogens with two attached hydrogens (primary N) is 1. The molecule has 0 aromatic heterocycles. The SMILES string of the molecule is C/C(=N/N=C(\N)N(C)C)C(C)(C)C. The summed E-state index contributed by atoms with van der Waals surface area (Å²) in [5, 5.41) is 7.95. The van der Waals surface area contributed by atoms with Gasteiger partial charge in [0, 0.05) is 25.2 Å². The number of nitrogens with zero attached hydrogens (tertiary/aromatic N) is 3. The molecule has 0 heterocycles. The molecule has 0 spiro atoms. The lowest BCUT2D eigenvalue weighted by Crippen LogP contribution is -2.30. The maximum Gasteiger partial charge on any atom is 0.215 e. The Morgan fingerprint density at radius 3 is 1.92 bits per heavy atom. The van der Waals surface area contributed by atoms with E-state index in [4.69, 9.17) is 5.73 Å². The number of rotatable bonds is 1. The molecule has 0 unspecified atom stereocenters. The molecule has 0 rings (SSSR count). The van der Waals surface area contributed by atoms with E-state index in [1.807, 2.05) is 21.0 Å². The average Bonchev–Trinajstić information content (AvgIpc) is 1.97. The van der Waals surface area contributed by atoms with Crippen LogP contribution in [-0.4, -0.2) is 30.7 Å². The van der Waals surface area contributed by atoms with Gasteiger partial charge >= 0.3 is 0 Å². The second kappa shape index (κ2) is 4.25. The molecule has 0 saturated heterocycles. The topological polar surface area (TPSA) is 54.0 Å². The molecule has 0 aromatic rings. The highest BCUT2D eigenvalue weighted by atomic mass is 15.3.